The number of imide groups is 1. The van der Waals surface area contributed by atoms with E-state index < -0.39 is 29.9 Å². The molecular weight excluding hydrogens is 334 g/mol. The monoisotopic (exact) mass is 357 g/mol. The van der Waals surface area contributed by atoms with E-state index in [2.05, 4.69) is 0 Å². The lowest BCUT2D eigenvalue weighted by Gasteiger charge is -2.28. The molecule has 0 unspecified atom stereocenters. The highest BCUT2D eigenvalue weighted by Crippen LogP contribution is 2.28. The van der Waals surface area contributed by atoms with Gasteiger partial charge in [0, 0.05) is 6.42 Å². The average Bonchev–Trinajstić information content (AvgIpc) is 2.86. The first kappa shape index (κ1) is 18.3. The second-order valence-corrected chi connectivity index (χ2v) is 7.31. The molecule has 1 saturated carbocycles. The minimum Gasteiger partial charge on any atom is -0.453 e. The van der Waals surface area contributed by atoms with Gasteiger partial charge in [-0.05, 0) is 43.7 Å². The molecule has 6 heteroatoms. The van der Waals surface area contributed by atoms with Crippen LogP contribution < -0.4 is 0 Å². The van der Waals surface area contributed by atoms with Gasteiger partial charge in [0.2, 0.25) is 0 Å². The molecule has 2 atom stereocenters. The number of hydrogen-bond acceptors (Lipinski definition) is 5. The molecule has 138 valence electrons. The molecule has 26 heavy (non-hydrogen) atoms. The second kappa shape index (κ2) is 7.40. The Morgan fingerprint density at radius 3 is 2.27 bits per heavy atom. The number of Topliss-reactive ketones (excluding diaryl/α,β-unsaturated/α-hetero) is 1. The number of esters is 1. The third kappa shape index (κ3) is 3.41. The van der Waals surface area contributed by atoms with Gasteiger partial charge in [0.05, 0.1) is 11.1 Å². The third-order valence-corrected chi connectivity index (χ3v) is 4.86. The van der Waals surface area contributed by atoms with Crippen molar-refractivity contribution < 1.29 is 23.9 Å². The Morgan fingerprint density at radius 2 is 1.73 bits per heavy atom. The molecule has 1 heterocycles. The lowest BCUT2D eigenvalue weighted by molar-refractivity contribution is -0.160. The van der Waals surface area contributed by atoms with Gasteiger partial charge in [-0.1, -0.05) is 26.0 Å². The molecule has 6 nitrogen and oxygen atoms in total. The first-order valence-corrected chi connectivity index (χ1v) is 9.10. The topological polar surface area (TPSA) is 80.8 Å². The molecule has 1 aliphatic carbocycles. The zero-order valence-corrected chi connectivity index (χ0v) is 15.1. The van der Waals surface area contributed by atoms with Crippen molar-refractivity contribution in [2.24, 2.45) is 5.92 Å². The van der Waals surface area contributed by atoms with E-state index in [1.165, 1.54) is 0 Å². The number of fused-ring (bicyclic) bond motifs is 1. The van der Waals surface area contributed by atoms with E-state index >= 15 is 0 Å². The predicted molar refractivity (Wildman–Crippen MR) is 93.5 cm³/mol. The fraction of sp³-hybridized carbons (Fsp3) is 0.500. The number of amides is 2. The molecule has 1 aromatic rings. The Hall–Kier alpha value is -2.50. The van der Waals surface area contributed by atoms with Gasteiger partial charge in [0.25, 0.3) is 11.8 Å². The number of rotatable bonds is 5. The Bertz CT molecular complexity index is 719. The van der Waals surface area contributed by atoms with Crippen LogP contribution in [0.4, 0.5) is 0 Å². The van der Waals surface area contributed by atoms with Crippen molar-refractivity contribution in [1.29, 1.82) is 0 Å². The maximum atomic E-state index is 12.8. The Kier molecular flexibility index (Phi) is 5.20. The Labute approximate surface area is 152 Å². The maximum absolute atomic E-state index is 12.8. The molecule has 0 aromatic heterocycles. The van der Waals surface area contributed by atoms with Crippen LogP contribution >= 0.6 is 0 Å². The van der Waals surface area contributed by atoms with Crippen LogP contribution in [0.15, 0.2) is 24.3 Å². The van der Waals surface area contributed by atoms with E-state index in [9.17, 15) is 19.2 Å². The second-order valence-electron chi connectivity index (χ2n) is 7.31. The molecule has 0 N–H and O–H groups in total. The van der Waals surface area contributed by atoms with Gasteiger partial charge in [-0.25, -0.2) is 4.79 Å². The number of benzene rings is 1. The summed E-state index contributed by atoms with van der Waals surface area (Å²) in [4.78, 5) is 51.2. The largest absolute Gasteiger partial charge is 0.453 e. The molecule has 1 aliphatic heterocycles. The van der Waals surface area contributed by atoms with Crippen molar-refractivity contribution in [1.82, 2.24) is 4.90 Å². The van der Waals surface area contributed by atoms with Crippen LogP contribution in [-0.2, 0) is 14.3 Å². The third-order valence-electron chi connectivity index (χ3n) is 4.86. The normalized spacial score (nSPS) is 21.1. The number of ether oxygens (including phenoxy) is 1. The maximum Gasteiger partial charge on any atom is 0.330 e. The summed E-state index contributed by atoms with van der Waals surface area (Å²) in [6.07, 6.45) is 2.07. The quantitative estimate of drug-likeness (QED) is 0.598. The highest BCUT2D eigenvalue weighted by atomic mass is 16.5. The molecule has 2 aliphatic rings. The fourth-order valence-corrected chi connectivity index (χ4v) is 3.54. The Balaban J connectivity index is 1.84. The lowest BCUT2D eigenvalue weighted by Crippen LogP contribution is -2.48. The van der Waals surface area contributed by atoms with E-state index in [1.807, 2.05) is 13.8 Å². The van der Waals surface area contributed by atoms with Crippen molar-refractivity contribution in [2.45, 2.75) is 58.1 Å². The number of ketones is 1. The lowest BCUT2D eigenvalue weighted by atomic mass is 9.96. The zero-order valence-electron chi connectivity index (χ0n) is 15.1. The van der Waals surface area contributed by atoms with Gasteiger partial charge in [0.1, 0.15) is 6.04 Å². The predicted octanol–water partition coefficient (Wildman–Crippen LogP) is 2.75. The first-order chi connectivity index (χ1) is 12.4. The van der Waals surface area contributed by atoms with E-state index in [1.54, 1.807) is 24.3 Å². The minimum absolute atomic E-state index is 0.0684. The highest BCUT2D eigenvalue weighted by molar-refractivity contribution is 6.22. The SMILES string of the molecule is CC(C)C[C@@H](C(=O)O[C@H]1CCCCC1=O)N1C(=O)c2ccccc2C1=O. The van der Waals surface area contributed by atoms with Crippen molar-refractivity contribution in [3.05, 3.63) is 35.4 Å². The van der Waals surface area contributed by atoms with Crippen molar-refractivity contribution in [3.63, 3.8) is 0 Å². The molecule has 0 spiro atoms. The summed E-state index contributed by atoms with van der Waals surface area (Å²) in [5.41, 5.74) is 0.598. The van der Waals surface area contributed by atoms with Crippen LogP contribution in [0, 0.1) is 5.92 Å². The van der Waals surface area contributed by atoms with Crippen molar-refractivity contribution in [3.8, 4) is 0 Å². The molecule has 0 radical (unpaired) electrons. The molecule has 0 saturated heterocycles. The number of hydrogen-bond donors (Lipinski definition) is 0. The Morgan fingerprint density at radius 1 is 1.12 bits per heavy atom. The van der Waals surface area contributed by atoms with Crippen LogP contribution in [-0.4, -0.2) is 40.6 Å². The van der Waals surface area contributed by atoms with E-state index in [0.717, 1.165) is 17.7 Å². The van der Waals surface area contributed by atoms with E-state index in [0.29, 0.717) is 30.4 Å². The number of nitrogens with zero attached hydrogens (tertiary/aromatic N) is 1. The van der Waals surface area contributed by atoms with Crippen LogP contribution in [0.3, 0.4) is 0 Å². The summed E-state index contributed by atoms with van der Waals surface area (Å²) in [5, 5.41) is 0. The number of carbonyl (C=O) groups is 4. The molecule has 0 bridgehead atoms. The molecule has 1 aromatic carbocycles. The van der Waals surface area contributed by atoms with Gasteiger partial charge in [-0.2, -0.15) is 0 Å². The van der Waals surface area contributed by atoms with Crippen molar-refractivity contribution in [2.75, 3.05) is 0 Å². The summed E-state index contributed by atoms with van der Waals surface area (Å²) >= 11 is 0. The summed E-state index contributed by atoms with van der Waals surface area (Å²) in [7, 11) is 0. The van der Waals surface area contributed by atoms with Gasteiger partial charge in [-0.3, -0.25) is 19.3 Å². The highest BCUT2D eigenvalue weighted by Gasteiger charge is 2.44. The van der Waals surface area contributed by atoms with Crippen LogP contribution in [0.1, 0.15) is 66.7 Å². The van der Waals surface area contributed by atoms with Gasteiger partial charge >= 0.3 is 5.97 Å². The van der Waals surface area contributed by atoms with Crippen LogP contribution in [0.25, 0.3) is 0 Å². The number of carbonyl (C=O) groups excluding carboxylic acids is 4. The summed E-state index contributed by atoms with van der Waals surface area (Å²) in [6.45, 7) is 3.81. The van der Waals surface area contributed by atoms with Crippen LogP contribution in [0.5, 0.6) is 0 Å². The van der Waals surface area contributed by atoms with Crippen LogP contribution in [0.2, 0.25) is 0 Å². The molecule has 1 fully saturated rings. The first-order valence-electron chi connectivity index (χ1n) is 9.10. The smallest absolute Gasteiger partial charge is 0.330 e. The molecule has 2 amide bonds. The van der Waals surface area contributed by atoms with E-state index in [-0.39, 0.29) is 11.7 Å². The van der Waals surface area contributed by atoms with Gasteiger partial charge < -0.3 is 4.74 Å². The standard InChI is InChI=1S/C20H23NO5/c1-12(2)11-15(20(25)26-17-10-6-5-9-16(17)22)21-18(23)13-7-3-4-8-14(13)19(21)24/h3-4,7-8,12,15,17H,5-6,9-11H2,1-2H3/t15-,17-/m0/s1. The summed E-state index contributed by atoms with van der Waals surface area (Å²) in [6, 6.07) is 5.52. The zero-order chi connectivity index (χ0) is 18.8. The molecular formula is C20H23NO5. The minimum atomic E-state index is -1.02. The average molecular weight is 357 g/mol. The molecule has 3 rings (SSSR count). The summed E-state index contributed by atoms with van der Waals surface area (Å²) < 4.78 is 5.44. The van der Waals surface area contributed by atoms with Gasteiger partial charge in [-0.15, -0.1) is 0 Å². The van der Waals surface area contributed by atoms with Gasteiger partial charge in [0.15, 0.2) is 11.9 Å². The summed E-state index contributed by atoms with van der Waals surface area (Å²) in [5.74, 6) is -1.66. The van der Waals surface area contributed by atoms with Crippen molar-refractivity contribution >= 4 is 23.6 Å². The van der Waals surface area contributed by atoms with E-state index in [4.69, 9.17) is 4.74 Å². The fourth-order valence-electron chi connectivity index (χ4n) is 3.54.